The number of sulfone groups is 1. The van der Waals surface area contributed by atoms with Gasteiger partial charge in [0.2, 0.25) is 15.9 Å². The summed E-state index contributed by atoms with van der Waals surface area (Å²) in [6, 6.07) is 4.20. The van der Waals surface area contributed by atoms with E-state index in [1.807, 2.05) is 0 Å². The van der Waals surface area contributed by atoms with Crippen LogP contribution in [0.4, 0.5) is 5.69 Å². The highest BCUT2D eigenvalue weighted by molar-refractivity contribution is 7.92. The number of carbonyl (C=O) groups excluding carboxylic acids is 1. The summed E-state index contributed by atoms with van der Waals surface area (Å²) in [4.78, 5) is 22.1. The maximum absolute atomic E-state index is 12.0. The molecule has 0 bridgehead atoms. The summed E-state index contributed by atoms with van der Waals surface area (Å²) in [5.41, 5.74) is 0.741. The number of carbonyl (C=O) groups is 2. The Morgan fingerprint density at radius 2 is 1.54 bits per heavy atom. The van der Waals surface area contributed by atoms with Crippen molar-refractivity contribution in [3.63, 3.8) is 0 Å². The van der Waals surface area contributed by atoms with Gasteiger partial charge in [0.15, 0.2) is 9.84 Å². The van der Waals surface area contributed by atoms with Crippen LogP contribution in [-0.4, -0.2) is 71.9 Å². The number of rotatable bonds is 5. The molecule has 1 amide bonds. The number of sulfonamides is 1. The Balaban J connectivity index is 0.00000141. The standard InChI is InChI=1S/C13H20N2O5S2.C2H4O2/c1-10-6-7-11(21(4,17)18)8-12(10)15(22(5,19)20)9-13(16)14(2)3;1-2(3)4/h6-8H,9H2,1-5H3;1H3,(H,3,4). The number of hydrogen-bond acceptors (Lipinski definition) is 6. The van der Waals surface area contributed by atoms with Crippen LogP contribution in [0, 0.1) is 6.92 Å². The third-order valence-electron chi connectivity index (χ3n) is 3.06. The Labute approximate surface area is 154 Å². The number of benzene rings is 1. The molecule has 148 valence electrons. The van der Waals surface area contributed by atoms with Crippen LogP contribution in [0.1, 0.15) is 12.5 Å². The first-order valence-electron chi connectivity index (χ1n) is 7.25. The molecule has 0 aliphatic heterocycles. The van der Waals surface area contributed by atoms with Crippen molar-refractivity contribution in [1.29, 1.82) is 0 Å². The minimum Gasteiger partial charge on any atom is -0.481 e. The van der Waals surface area contributed by atoms with Gasteiger partial charge < -0.3 is 10.0 Å². The molecule has 1 N–H and O–H groups in total. The summed E-state index contributed by atoms with van der Waals surface area (Å²) in [6.45, 7) is 2.35. The van der Waals surface area contributed by atoms with E-state index in [1.54, 1.807) is 6.92 Å². The topological polar surface area (TPSA) is 129 Å². The lowest BCUT2D eigenvalue weighted by Gasteiger charge is -2.25. The molecule has 9 nitrogen and oxygen atoms in total. The molecule has 0 atom stereocenters. The Morgan fingerprint density at radius 3 is 1.88 bits per heavy atom. The molecular formula is C15H24N2O7S2. The maximum Gasteiger partial charge on any atom is 0.300 e. The number of anilines is 1. The van der Waals surface area contributed by atoms with Gasteiger partial charge in [0.1, 0.15) is 6.54 Å². The van der Waals surface area contributed by atoms with Gasteiger partial charge in [0.25, 0.3) is 5.97 Å². The molecule has 0 aliphatic rings. The average Bonchev–Trinajstić information content (AvgIpc) is 2.42. The van der Waals surface area contributed by atoms with Crippen LogP contribution in [-0.2, 0) is 29.4 Å². The molecule has 0 aliphatic carbocycles. The molecule has 0 heterocycles. The summed E-state index contributed by atoms with van der Waals surface area (Å²) >= 11 is 0. The molecule has 1 rings (SSSR count). The largest absolute Gasteiger partial charge is 0.481 e. The fourth-order valence-corrected chi connectivity index (χ4v) is 3.27. The minimum absolute atomic E-state index is 0.000878. The van der Waals surface area contributed by atoms with E-state index in [-0.39, 0.29) is 17.1 Å². The highest BCUT2D eigenvalue weighted by atomic mass is 32.2. The molecule has 11 heteroatoms. The first-order valence-corrected chi connectivity index (χ1v) is 11.0. The van der Waals surface area contributed by atoms with Crippen molar-refractivity contribution in [2.45, 2.75) is 18.7 Å². The number of carboxylic acids is 1. The number of amides is 1. The normalized spacial score (nSPS) is 11.2. The van der Waals surface area contributed by atoms with Crippen LogP contribution < -0.4 is 4.31 Å². The number of aryl methyl sites for hydroxylation is 1. The van der Waals surface area contributed by atoms with Gasteiger partial charge in [0.05, 0.1) is 16.8 Å². The Hall–Kier alpha value is -2.14. The molecule has 1 aromatic rings. The molecule has 0 saturated heterocycles. The van der Waals surface area contributed by atoms with Crippen LogP contribution >= 0.6 is 0 Å². The first kappa shape index (κ1) is 23.9. The molecule has 26 heavy (non-hydrogen) atoms. The van der Waals surface area contributed by atoms with Crippen molar-refractivity contribution in [2.24, 2.45) is 0 Å². The van der Waals surface area contributed by atoms with Crippen molar-refractivity contribution in [2.75, 3.05) is 37.5 Å². The van der Waals surface area contributed by atoms with Crippen LogP contribution in [0.25, 0.3) is 0 Å². The molecule has 0 saturated carbocycles. The summed E-state index contributed by atoms with van der Waals surface area (Å²) in [5, 5.41) is 7.42. The number of nitrogens with zero attached hydrogens (tertiary/aromatic N) is 2. The lowest BCUT2D eigenvalue weighted by Crippen LogP contribution is -2.40. The van der Waals surface area contributed by atoms with Gasteiger partial charge in [-0.2, -0.15) is 0 Å². The van der Waals surface area contributed by atoms with Crippen molar-refractivity contribution in [3.8, 4) is 0 Å². The Bertz CT molecular complexity index is 871. The fraction of sp³-hybridized carbons (Fsp3) is 0.467. The molecule has 0 radical (unpaired) electrons. The summed E-state index contributed by atoms with van der Waals surface area (Å²) in [6.07, 6.45) is 2.01. The van der Waals surface area contributed by atoms with Crippen LogP contribution in [0.5, 0.6) is 0 Å². The number of aliphatic carboxylic acids is 1. The molecular weight excluding hydrogens is 384 g/mol. The molecule has 0 spiro atoms. The van der Waals surface area contributed by atoms with Gasteiger partial charge in [-0.05, 0) is 24.6 Å². The summed E-state index contributed by atoms with van der Waals surface area (Å²) in [5.74, 6) is -1.24. The SMILES string of the molecule is CC(=O)O.Cc1ccc(S(C)(=O)=O)cc1N(CC(=O)N(C)C)S(C)(=O)=O. The second-order valence-corrected chi connectivity index (χ2v) is 9.72. The van der Waals surface area contributed by atoms with E-state index < -0.39 is 31.7 Å². The number of likely N-dealkylation sites (N-methyl/N-ethyl adjacent to an activating group) is 1. The van der Waals surface area contributed by atoms with E-state index in [2.05, 4.69) is 0 Å². The van der Waals surface area contributed by atoms with Crippen LogP contribution in [0.3, 0.4) is 0 Å². The Morgan fingerprint density at radius 1 is 1.08 bits per heavy atom. The quantitative estimate of drug-likeness (QED) is 0.744. The van der Waals surface area contributed by atoms with Gasteiger partial charge in [-0.3, -0.25) is 13.9 Å². The molecule has 1 aromatic carbocycles. The third kappa shape index (κ3) is 7.83. The highest BCUT2D eigenvalue weighted by Gasteiger charge is 2.24. The van der Waals surface area contributed by atoms with Gasteiger partial charge in [-0.15, -0.1) is 0 Å². The molecule has 0 aromatic heterocycles. The molecule has 0 fully saturated rings. The van der Waals surface area contributed by atoms with Crippen molar-refractivity contribution < 1.29 is 31.5 Å². The highest BCUT2D eigenvalue weighted by Crippen LogP contribution is 2.26. The average molecular weight is 408 g/mol. The maximum atomic E-state index is 12.0. The summed E-state index contributed by atoms with van der Waals surface area (Å²) < 4.78 is 48.2. The Kier molecular flexibility index (Phi) is 8.25. The monoisotopic (exact) mass is 408 g/mol. The molecule has 0 unspecified atom stereocenters. The summed E-state index contributed by atoms with van der Waals surface area (Å²) in [7, 11) is -4.19. The van der Waals surface area contributed by atoms with Crippen molar-refractivity contribution in [3.05, 3.63) is 23.8 Å². The van der Waals surface area contributed by atoms with E-state index in [9.17, 15) is 21.6 Å². The number of carboxylic acid groups (broad SMARTS) is 1. The second kappa shape index (κ2) is 8.99. The predicted octanol–water partition coefficient (Wildman–Crippen LogP) is 0.344. The van der Waals surface area contributed by atoms with Gasteiger partial charge in [-0.1, -0.05) is 6.07 Å². The van der Waals surface area contributed by atoms with Gasteiger partial charge in [0, 0.05) is 27.3 Å². The number of hydrogen-bond donors (Lipinski definition) is 1. The van der Waals surface area contributed by atoms with E-state index >= 15 is 0 Å². The van der Waals surface area contributed by atoms with E-state index in [1.165, 1.54) is 37.2 Å². The van der Waals surface area contributed by atoms with E-state index in [0.29, 0.717) is 5.56 Å². The van der Waals surface area contributed by atoms with Crippen LogP contribution in [0.15, 0.2) is 23.1 Å². The van der Waals surface area contributed by atoms with E-state index in [0.717, 1.165) is 23.7 Å². The van der Waals surface area contributed by atoms with Gasteiger partial charge >= 0.3 is 0 Å². The third-order valence-corrected chi connectivity index (χ3v) is 5.29. The van der Waals surface area contributed by atoms with Crippen molar-refractivity contribution >= 4 is 37.4 Å². The zero-order valence-corrected chi connectivity index (χ0v) is 17.2. The lowest BCUT2D eigenvalue weighted by atomic mass is 10.2. The predicted molar refractivity (Wildman–Crippen MR) is 98.5 cm³/mol. The first-order chi connectivity index (χ1) is 11.6. The van der Waals surface area contributed by atoms with E-state index in [4.69, 9.17) is 9.90 Å². The zero-order valence-electron chi connectivity index (χ0n) is 15.5. The van der Waals surface area contributed by atoms with Crippen molar-refractivity contribution in [1.82, 2.24) is 4.90 Å². The van der Waals surface area contributed by atoms with Crippen LogP contribution in [0.2, 0.25) is 0 Å². The second-order valence-electron chi connectivity index (χ2n) is 5.80. The smallest absolute Gasteiger partial charge is 0.300 e. The minimum atomic E-state index is -3.74. The lowest BCUT2D eigenvalue weighted by molar-refractivity contribution is -0.134. The van der Waals surface area contributed by atoms with Gasteiger partial charge in [-0.25, -0.2) is 16.8 Å². The zero-order chi connectivity index (χ0) is 20.9. The fourth-order valence-electron chi connectivity index (χ4n) is 1.73.